The molecular formula is C34H42F2N4O6S. The number of nitrogens with one attached hydrogen (secondary N) is 2. The van der Waals surface area contributed by atoms with Crippen molar-refractivity contribution in [1.29, 1.82) is 0 Å². The molecule has 3 aromatic rings. The number of anilines is 1. The van der Waals surface area contributed by atoms with Crippen molar-refractivity contribution >= 4 is 27.3 Å². The molecule has 254 valence electrons. The fraction of sp³-hybridized carbons (Fsp3) is 0.412. The molecule has 0 aliphatic carbocycles. The molecule has 1 heterocycles. The van der Waals surface area contributed by atoms with Gasteiger partial charge in [-0.3, -0.25) is 9.10 Å². The zero-order valence-corrected chi connectivity index (χ0v) is 27.7. The first-order chi connectivity index (χ1) is 22.5. The maximum Gasteiger partial charge on any atom is 0.251 e. The summed E-state index contributed by atoms with van der Waals surface area (Å²) in [7, 11) is -2.04. The van der Waals surface area contributed by atoms with Crippen LogP contribution in [0.5, 0.6) is 5.75 Å². The summed E-state index contributed by atoms with van der Waals surface area (Å²) in [6, 6.07) is 14.2. The number of rotatable bonds is 15. The van der Waals surface area contributed by atoms with Crippen LogP contribution in [0, 0.1) is 11.6 Å². The van der Waals surface area contributed by atoms with Gasteiger partial charge in [0.1, 0.15) is 24.0 Å². The summed E-state index contributed by atoms with van der Waals surface area (Å²) in [4.78, 5) is 19.2. The lowest BCUT2D eigenvalue weighted by molar-refractivity contribution is 0.0829. The Morgan fingerprint density at radius 1 is 1.04 bits per heavy atom. The number of sulfonamides is 1. The topological polar surface area (TPSA) is 130 Å². The third kappa shape index (κ3) is 10.2. The fourth-order valence-corrected chi connectivity index (χ4v) is 6.89. The van der Waals surface area contributed by atoms with Crippen LogP contribution in [0.15, 0.2) is 65.8 Å². The van der Waals surface area contributed by atoms with E-state index in [0.717, 1.165) is 30.2 Å². The van der Waals surface area contributed by atoms with Gasteiger partial charge in [-0.05, 0) is 86.2 Å². The van der Waals surface area contributed by atoms with Gasteiger partial charge in [0.25, 0.3) is 5.91 Å². The number of nitrogens with zero attached hydrogens (tertiary/aromatic N) is 2. The van der Waals surface area contributed by atoms with Crippen molar-refractivity contribution in [3.63, 3.8) is 0 Å². The van der Waals surface area contributed by atoms with E-state index in [1.54, 1.807) is 26.2 Å². The largest absolute Gasteiger partial charge is 0.497 e. The molecule has 0 aromatic heterocycles. The zero-order valence-electron chi connectivity index (χ0n) is 26.8. The summed E-state index contributed by atoms with van der Waals surface area (Å²) in [5.74, 6) is -1.50. The number of methoxy groups -OCH3 is 1. The number of carbonyl (C=O) groups is 1. The van der Waals surface area contributed by atoms with E-state index in [0.29, 0.717) is 48.7 Å². The number of hydrogen-bond acceptors (Lipinski definition) is 8. The molecule has 1 fully saturated rings. The van der Waals surface area contributed by atoms with Crippen LogP contribution in [0.3, 0.4) is 0 Å². The van der Waals surface area contributed by atoms with Crippen molar-refractivity contribution in [1.82, 2.24) is 10.6 Å². The minimum Gasteiger partial charge on any atom is -0.497 e. The van der Waals surface area contributed by atoms with Crippen LogP contribution in [-0.4, -0.2) is 69.8 Å². The van der Waals surface area contributed by atoms with Gasteiger partial charge in [-0.15, -0.1) is 0 Å². The average molecular weight is 673 g/mol. The first kappa shape index (κ1) is 35.8. The number of oxime groups is 1. The van der Waals surface area contributed by atoms with Crippen LogP contribution in [0.2, 0.25) is 0 Å². The van der Waals surface area contributed by atoms with E-state index in [1.807, 2.05) is 31.2 Å². The standard InChI is InChI=1S/C34H42F2N4O6S/c1-4-11-46-39-23(2)26-17-27(19-30(18-26)40-10-5-6-12-47(40,43)44)34(42)38-32(16-25-13-28(35)20-29(36)14-25)33(41)22-37-21-24-8-7-9-31(15-24)45-3/h7-9,13-15,17-20,32-33,37,41H,4-6,10-12,16,21-22H2,1-3H3,(H,38,42)/b39-23+/t32-,33+/m0/s1. The monoisotopic (exact) mass is 672 g/mol. The van der Waals surface area contributed by atoms with E-state index in [4.69, 9.17) is 9.57 Å². The number of aliphatic hydroxyl groups excluding tert-OH is 1. The molecule has 0 spiro atoms. The van der Waals surface area contributed by atoms with Crippen LogP contribution in [0.25, 0.3) is 0 Å². The maximum atomic E-state index is 14.1. The maximum absolute atomic E-state index is 14.1. The Bertz CT molecular complexity index is 1650. The van der Waals surface area contributed by atoms with E-state index < -0.39 is 39.7 Å². The molecule has 1 aliphatic rings. The van der Waals surface area contributed by atoms with Gasteiger partial charge in [0, 0.05) is 36.8 Å². The Balaban J connectivity index is 1.62. The predicted molar refractivity (Wildman–Crippen MR) is 177 cm³/mol. The molecular weight excluding hydrogens is 630 g/mol. The van der Waals surface area contributed by atoms with Gasteiger partial charge in [0.15, 0.2) is 0 Å². The number of aliphatic hydroxyl groups is 1. The Morgan fingerprint density at radius 2 is 1.79 bits per heavy atom. The van der Waals surface area contributed by atoms with Gasteiger partial charge in [-0.2, -0.15) is 0 Å². The minimum absolute atomic E-state index is 0.00728. The molecule has 0 radical (unpaired) electrons. The smallest absolute Gasteiger partial charge is 0.251 e. The van der Waals surface area contributed by atoms with Crippen molar-refractivity contribution in [3.05, 3.63) is 94.6 Å². The van der Waals surface area contributed by atoms with Crippen molar-refractivity contribution in [2.75, 3.05) is 36.9 Å². The van der Waals surface area contributed by atoms with Crippen LogP contribution in [0.4, 0.5) is 14.5 Å². The fourth-order valence-electron chi connectivity index (χ4n) is 5.27. The van der Waals surface area contributed by atoms with E-state index in [1.165, 1.54) is 10.4 Å². The van der Waals surface area contributed by atoms with Gasteiger partial charge in [0.05, 0.1) is 36.4 Å². The second kappa shape index (κ2) is 16.7. The molecule has 47 heavy (non-hydrogen) atoms. The minimum atomic E-state index is -3.60. The molecule has 3 N–H and O–H groups in total. The van der Waals surface area contributed by atoms with Gasteiger partial charge in [0.2, 0.25) is 10.0 Å². The predicted octanol–water partition coefficient (Wildman–Crippen LogP) is 4.55. The van der Waals surface area contributed by atoms with Crippen molar-refractivity contribution < 1.29 is 36.7 Å². The third-order valence-electron chi connectivity index (χ3n) is 7.71. The molecule has 1 amide bonds. The zero-order chi connectivity index (χ0) is 34.0. The van der Waals surface area contributed by atoms with Gasteiger partial charge in [-0.25, -0.2) is 17.2 Å². The number of benzene rings is 3. The Hall–Kier alpha value is -4.07. The molecule has 4 rings (SSSR count). The highest BCUT2D eigenvalue weighted by Crippen LogP contribution is 2.27. The Morgan fingerprint density at radius 3 is 2.49 bits per heavy atom. The van der Waals surface area contributed by atoms with E-state index >= 15 is 0 Å². The summed E-state index contributed by atoms with van der Waals surface area (Å²) in [6.07, 6.45) is 0.694. The van der Waals surface area contributed by atoms with Gasteiger partial charge < -0.3 is 25.3 Å². The first-order valence-corrected chi connectivity index (χ1v) is 17.2. The number of hydrogen-bond donors (Lipinski definition) is 3. The number of amides is 1. The quantitative estimate of drug-likeness (QED) is 0.123. The lowest BCUT2D eigenvalue weighted by Crippen LogP contribution is -2.48. The lowest BCUT2D eigenvalue weighted by atomic mass is 9.99. The SMILES string of the molecule is CCCO/N=C(\C)c1cc(C(=O)N[C@@H](Cc2cc(F)cc(F)c2)[C@H](O)CNCc2cccc(OC)c2)cc(N2CCCCS2(=O)=O)c1. The highest BCUT2D eigenvalue weighted by molar-refractivity contribution is 7.92. The number of ether oxygens (including phenoxy) is 1. The van der Waals surface area contributed by atoms with Crippen LogP contribution in [-0.2, 0) is 27.8 Å². The number of halogens is 2. The highest BCUT2D eigenvalue weighted by Gasteiger charge is 2.28. The summed E-state index contributed by atoms with van der Waals surface area (Å²) in [5, 5.41) is 21.4. The molecule has 1 aliphatic heterocycles. The third-order valence-corrected chi connectivity index (χ3v) is 9.58. The van der Waals surface area contributed by atoms with Gasteiger partial charge in [-0.1, -0.05) is 24.2 Å². The second-order valence-electron chi connectivity index (χ2n) is 11.5. The lowest BCUT2D eigenvalue weighted by Gasteiger charge is -2.29. The summed E-state index contributed by atoms with van der Waals surface area (Å²) in [5.41, 5.74) is 2.49. The molecule has 3 aromatic carbocycles. The van der Waals surface area contributed by atoms with E-state index in [-0.39, 0.29) is 36.4 Å². The first-order valence-electron chi connectivity index (χ1n) is 15.6. The van der Waals surface area contributed by atoms with Gasteiger partial charge >= 0.3 is 0 Å². The Labute approximate surface area is 274 Å². The van der Waals surface area contributed by atoms with Crippen LogP contribution in [0.1, 0.15) is 60.2 Å². The molecule has 0 unspecified atom stereocenters. The molecule has 10 nitrogen and oxygen atoms in total. The van der Waals surface area contributed by atoms with E-state index in [2.05, 4.69) is 15.8 Å². The molecule has 1 saturated heterocycles. The Kier molecular flexibility index (Phi) is 12.7. The van der Waals surface area contributed by atoms with Crippen molar-refractivity contribution in [2.24, 2.45) is 5.16 Å². The second-order valence-corrected chi connectivity index (χ2v) is 13.5. The van der Waals surface area contributed by atoms with Crippen LogP contribution >= 0.6 is 0 Å². The summed E-state index contributed by atoms with van der Waals surface area (Å²) >= 11 is 0. The summed E-state index contributed by atoms with van der Waals surface area (Å²) < 4.78 is 60.7. The molecule has 13 heteroatoms. The van der Waals surface area contributed by atoms with Crippen molar-refractivity contribution in [3.8, 4) is 5.75 Å². The molecule has 2 atom stereocenters. The van der Waals surface area contributed by atoms with E-state index in [9.17, 15) is 27.1 Å². The summed E-state index contributed by atoms with van der Waals surface area (Å²) in [6.45, 7) is 4.71. The molecule has 0 saturated carbocycles. The van der Waals surface area contributed by atoms with Crippen LogP contribution < -0.4 is 19.7 Å². The average Bonchev–Trinajstić information content (AvgIpc) is 3.03. The highest BCUT2D eigenvalue weighted by atomic mass is 32.2. The molecule has 0 bridgehead atoms. The van der Waals surface area contributed by atoms with Crippen molar-refractivity contribution in [2.45, 2.75) is 58.2 Å². The number of carbonyl (C=O) groups excluding carboxylic acids is 1. The normalized spacial score (nSPS) is 16.0.